The predicted molar refractivity (Wildman–Crippen MR) is 35.1 cm³/mol. The van der Waals surface area contributed by atoms with Crippen LogP contribution in [0.5, 0.6) is 0 Å². The minimum Gasteiger partial charge on any atom is -0.370 e. The van der Waals surface area contributed by atoms with E-state index in [1.54, 1.807) is 0 Å². The van der Waals surface area contributed by atoms with E-state index in [0.717, 1.165) is 6.20 Å². The normalized spacial score (nSPS) is 14.7. The molecule has 1 aromatic rings. The van der Waals surface area contributed by atoms with E-state index in [0.29, 0.717) is 0 Å². The molecule has 1 unspecified atom stereocenters. The summed E-state index contributed by atoms with van der Waals surface area (Å²) in [7, 11) is -4.44. The highest BCUT2D eigenvalue weighted by Gasteiger charge is 2.22. The third kappa shape index (κ3) is 1.76. The molecule has 0 amide bonds. The van der Waals surface area contributed by atoms with E-state index in [4.69, 9.17) is 9.66 Å². The maximum absolute atomic E-state index is 10.3. The van der Waals surface area contributed by atoms with Gasteiger partial charge in [0.15, 0.2) is 0 Å². The van der Waals surface area contributed by atoms with Crippen LogP contribution in [0, 0.1) is 0 Å². The molecule has 0 spiro atoms. The molecule has 0 fully saturated rings. The van der Waals surface area contributed by atoms with Crippen molar-refractivity contribution in [3.63, 3.8) is 0 Å². The molecule has 0 saturated heterocycles. The third-order valence-corrected chi connectivity index (χ3v) is 1.89. The van der Waals surface area contributed by atoms with E-state index >= 15 is 0 Å². The van der Waals surface area contributed by atoms with E-state index in [1.165, 1.54) is 6.33 Å². The third-order valence-electron chi connectivity index (χ3n) is 1.07. The molecule has 0 bridgehead atoms. The van der Waals surface area contributed by atoms with Gasteiger partial charge >= 0.3 is 0 Å². The molecule has 0 radical (unpaired) electrons. The second-order valence-electron chi connectivity index (χ2n) is 1.87. The quantitative estimate of drug-likeness (QED) is 0.519. The van der Waals surface area contributed by atoms with Gasteiger partial charge in [-0.15, -0.1) is 0 Å². The summed E-state index contributed by atoms with van der Waals surface area (Å²) in [6, 6.07) is 0. The van der Waals surface area contributed by atoms with Gasteiger partial charge in [0.2, 0.25) is 5.44 Å². The lowest BCUT2D eigenvalue weighted by Crippen LogP contribution is -2.11. The highest BCUT2D eigenvalue weighted by atomic mass is 32.2. The fraction of sp³-hybridized carbons (Fsp3) is 0.250. The molecule has 7 heteroatoms. The summed E-state index contributed by atoms with van der Waals surface area (Å²) in [5.74, 6) is 0. The first-order valence-corrected chi connectivity index (χ1v) is 4.15. The summed E-state index contributed by atoms with van der Waals surface area (Å²) in [5, 5.41) is 8.84. The first kappa shape index (κ1) is 8.18. The molecule has 11 heavy (non-hydrogen) atoms. The van der Waals surface area contributed by atoms with Crippen LogP contribution < -0.4 is 0 Å². The lowest BCUT2D eigenvalue weighted by molar-refractivity contribution is 0.234. The largest absolute Gasteiger partial charge is 0.370 e. The zero-order valence-electron chi connectivity index (χ0n) is 5.30. The molecule has 0 aromatic carbocycles. The molecule has 6 nitrogen and oxygen atoms in total. The van der Waals surface area contributed by atoms with Gasteiger partial charge in [-0.05, 0) is 0 Å². The second kappa shape index (κ2) is 2.61. The lowest BCUT2D eigenvalue weighted by atomic mass is 10.5. The van der Waals surface area contributed by atoms with Crippen LogP contribution in [0.25, 0.3) is 0 Å². The highest BCUT2D eigenvalue weighted by Crippen LogP contribution is 2.13. The van der Waals surface area contributed by atoms with Crippen LogP contribution in [0.2, 0.25) is 0 Å². The van der Waals surface area contributed by atoms with Crippen molar-refractivity contribution in [3.05, 3.63) is 18.2 Å². The van der Waals surface area contributed by atoms with Crippen LogP contribution >= 0.6 is 0 Å². The van der Waals surface area contributed by atoms with Crippen molar-refractivity contribution < 1.29 is 18.1 Å². The highest BCUT2D eigenvalue weighted by molar-refractivity contribution is 7.85. The summed E-state index contributed by atoms with van der Waals surface area (Å²) < 4.78 is 28.9. The van der Waals surface area contributed by atoms with Crippen LogP contribution in [-0.4, -0.2) is 28.0 Å². The Morgan fingerprint density at radius 3 is 2.64 bits per heavy atom. The van der Waals surface area contributed by atoms with Gasteiger partial charge in [-0.1, -0.05) is 0 Å². The van der Waals surface area contributed by atoms with Crippen LogP contribution in [0.3, 0.4) is 0 Å². The van der Waals surface area contributed by atoms with Crippen molar-refractivity contribution in [2.75, 3.05) is 0 Å². The Morgan fingerprint density at radius 1 is 1.64 bits per heavy atom. The standard InChI is InChI=1S/C4H6N2O4S/c7-4(11(8,9)10)3-1-5-2-6-3/h1-2,4,7H,(H,5,6)(H,8,9,10). The number of H-pyrrole nitrogens is 1. The van der Waals surface area contributed by atoms with Crippen molar-refractivity contribution in [2.24, 2.45) is 0 Å². The van der Waals surface area contributed by atoms with Crippen molar-refractivity contribution in [1.29, 1.82) is 0 Å². The van der Waals surface area contributed by atoms with Gasteiger partial charge in [0.05, 0.1) is 18.2 Å². The Bertz CT molecular complexity index is 316. The van der Waals surface area contributed by atoms with Gasteiger partial charge in [0.25, 0.3) is 10.1 Å². The average Bonchev–Trinajstić information content (AvgIpc) is 2.34. The Hall–Kier alpha value is -0.920. The number of aromatic amines is 1. The van der Waals surface area contributed by atoms with E-state index in [9.17, 15) is 8.42 Å². The number of aliphatic hydroxyl groups is 1. The number of hydrogen-bond acceptors (Lipinski definition) is 4. The Morgan fingerprint density at radius 2 is 2.27 bits per heavy atom. The van der Waals surface area contributed by atoms with Gasteiger partial charge in [-0.2, -0.15) is 8.42 Å². The van der Waals surface area contributed by atoms with Gasteiger partial charge in [-0.25, -0.2) is 4.98 Å². The number of hydrogen-bond donors (Lipinski definition) is 3. The summed E-state index contributed by atoms with van der Waals surface area (Å²) in [6.45, 7) is 0. The van der Waals surface area contributed by atoms with Gasteiger partial charge in [-0.3, -0.25) is 4.55 Å². The molecule has 1 rings (SSSR count). The van der Waals surface area contributed by atoms with E-state index in [1.807, 2.05) is 0 Å². The molecule has 0 aliphatic heterocycles. The maximum Gasteiger partial charge on any atom is 0.298 e. The van der Waals surface area contributed by atoms with Crippen molar-refractivity contribution in [1.82, 2.24) is 9.97 Å². The molecule has 1 aromatic heterocycles. The van der Waals surface area contributed by atoms with Crippen LogP contribution in [0.1, 0.15) is 11.1 Å². The van der Waals surface area contributed by atoms with E-state index in [2.05, 4.69) is 9.97 Å². The van der Waals surface area contributed by atoms with Gasteiger partial charge < -0.3 is 10.1 Å². The zero-order chi connectivity index (χ0) is 8.48. The van der Waals surface area contributed by atoms with Crippen LogP contribution in [-0.2, 0) is 10.1 Å². The zero-order valence-corrected chi connectivity index (χ0v) is 6.11. The molecule has 1 atom stereocenters. The first-order chi connectivity index (χ1) is 5.02. The average molecular weight is 178 g/mol. The molecule has 0 saturated carbocycles. The fourth-order valence-corrected chi connectivity index (χ4v) is 1.01. The van der Waals surface area contributed by atoms with E-state index in [-0.39, 0.29) is 5.69 Å². The van der Waals surface area contributed by atoms with Crippen LogP contribution in [0.4, 0.5) is 0 Å². The van der Waals surface area contributed by atoms with E-state index < -0.39 is 15.6 Å². The number of aliphatic hydroxyl groups excluding tert-OH is 1. The Kier molecular flexibility index (Phi) is 1.94. The molecule has 0 aliphatic carbocycles. The van der Waals surface area contributed by atoms with Crippen molar-refractivity contribution >= 4 is 10.1 Å². The van der Waals surface area contributed by atoms with Crippen molar-refractivity contribution in [2.45, 2.75) is 5.44 Å². The molecule has 62 valence electrons. The molecule has 0 aliphatic rings. The number of aromatic nitrogens is 2. The smallest absolute Gasteiger partial charge is 0.298 e. The van der Waals surface area contributed by atoms with Crippen molar-refractivity contribution in [3.8, 4) is 0 Å². The SMILES string of the molecule is O=S(=O)(O)C(O)c1cnc[nH]1. The number of rotatable bonds is 2. The fourth-order valence-electron chi connectivity index (χ4n) is 0.562. The van der Waals surface area contributed by atoms with Gasteiger partial charge in [0, 0.05) is 0 Å². The molecule has 3 N–H and O–H groups in total. The Labute approximate surface area is 62.6 Å². The van der Waals surface area contributed by atoms with Crippen LogP contribution in [0.15, 0.2) is 12.5 Å². The monoisotopic (exact) mass is 178 g/mol. The summed E-state index contributed by atoms with van der Waals surface area (Å²) >= 11 is 0. The molecule has 1 heterocycles. The minimum absolute atomic E-state index is 0.0625. The predicted octanol–water partition coefficient (Wildman–Crippen LogP) is -0.712. The summed E-state index contributed by atoms with van der Waals surface area (Å²) in [6.07, 6.45) is 2.31. The molecular weight excluding hydrogens is 172 g/mol. The maximum atomic E-state index is 10.3. The number of imidazole rings is 1. The summed E-state index contributed by atoms with van der Waals surface area (Å²) in [5.41, 5.74) is -2.00. The molecular formula is C4H6N2O4S. The summed E-state index contributed by atoms with van der Waals surface area (Å²) in [4.78, 5) is 5.81. The Balaban J connectivity index is 2.97. The minimum atomic E-state index is -4.44. The number of nitrogens with zero attached hydrogens (tertiary/aromatic N) is 1. The topological polar surface area (TPSA) is 103 Å². The first-order valence-electron chi connectivity index (χ1n) is 2.64. The number of nitrogens with one attached hydrogen (secondary N) is 1. The van der Waals surface area contributed by atoms with Gasteiger partial charge in [0.1, 0.15) is 0 Å². The lowest BCUT2D eigenvalue weighted by Gasteiger charge is -2.02. The second-order valence-corrected chi connectivity index (χ2v) is 3.35.